The van der Waals surface area contributed by atoms with Crippen LogP contribution < -0.4 is 9.80 Å². The molecule has 0 aromatic heterocycles. The van der Waals surface area contributed by atoms with E-state index in [0.717, 1.165) is 11.4 Å². The van der Waals surface area contributed by atoms with Crippen LogP contribution >= 0.6 is 0 Å². The van der Waals surface area contributed by atoms with Crippen molar-refractivity contribution >= 4 is 77.2 Å². The molecule has 0 N–H and O–H groups in total. The first-order chi connectivity index (χ1) is 38.2. The maximum Gasteiger partial charge on any atom is 0.0502 e. The predicted octanol–water partition coefficient (Wildman–Crippen LogP) is 21.2. The number of fused-ring (bicyclic) bond motifs is 8. The largest absolute Gasteiger partial charge is 0.310 e. The lowest BCUT2D eigenvalue weighted by atomic mass is 9.73. The fourth-order valence-corrected chi connectivity index (χ4v) is 13.6. The zero-order valence-corrected chi connectivity index (χ0v) is 44.3. The lowest BCUT2D eigenvalue weighted by Gasteiger charge is -2.42. The summed E-state index contributed by atoms with van der Waals surface area (Å²) in [7, 11) is 0. The maximum atomic E-state index is 2.52. The molecule has 0 saturated heterocycles. The van der Waals surface area contributed by atoms with Crippen LogP contribution in [0.5, 0.6) is 0 Å². The standard InChI is InChI=1S/C76H56N2/c1-75(2)65-31-15-19-35-69(65)77(70-36-20-16-32-66(70)75)55-39-41-57-63(47-55)73(61-45-53-29-13-11-27-51(53)43-59(61)49-23-7-5-8-24-49)58-42-40-56(78-71-37-21-17-33-67(71)76(3,4)68-34-18-22-38-72(68)78)48-64(58)74(57)62-46-54-30-14-12-28-52(54)44-60(62)50-25-9-6-10-26-50/h5-48H,1-4H3. The van der Waals surface area contributed by atoms with E-state index >= 15 is 0 Å². The Morgan fingerprint density at radius 1 is 0.244 bits per heavy atom. The van der Waals surface area contributed by atoms with Crippen molar-refractivity contribution in [2.24, 2.45) is 0 Å². The summed E-state index contributed by atoms with van der Waals surface area (Å²) in [4.78, 5) is 5.03. The van der Waals surface area contributed by atoms with Crippen LogP contribution in [0.15, 0.2) is 267 Å². The Kier molecular flexibility index (Phi) is 10.3. The molecule has 0 spiro atoms. The Labute approximate surface area is 456 Å². The Morgan fingerprint density at radius 3 is 0.859 bits per heavy atom. The Balaban J connectivity index is 1.13. The van der Waals surface area contributed by atoms with Gasteiger partial charge < -0.3 is 9.80 Å². The summed E-state index contributed by atoms with van der Waals surface area (Å²) in [5, 5.41) is 9.61. The van der Waals surface area contributed by atoms with Gasteiger partial charge in [0.15, 0.2) is 0 Å². The number of hydrogen-bond donors (Lipinski definition) is 0. The van der Waals surface area contributed by atoms with E-state index in [1.165, 1.54) is 133 Å². The molecule has 2 aliphatic rings. The molecule has 0 amide bonds. The predicted molar refractivity (Wildman–Crippen MR) is 332 cm³/mol. The highest BCUT2D eigenvalue weighted by Crippen LogP contribution is 2.57. The van der Waals surface area contributed by atoms with Crippen molar-refractivity contribution in [2.75, 3.05) is 9.80 Å². The average Bonchev–Trinajstić information content (AvgIpc) is 3.63. The fraction of sp³-hybridized carbons (Fsp3) is 0.0789. The first kappa shape index (κ1) is 45.9. The molecule has 78 heavy (non-hydrogen) atoms. The van der Waals surface area contributed by atoms with Crippen LogP contribution in [0.2, 0.25) is 0 Å². The minimum atomic E-state index is -0.197. The second kappa shape index (κ2) is 17.5. The summed E-state index contributed by atoms with van der Waals surface area (Å²) < 4.78 is 0. The summed E-state index contributed by atoms with van der Waals surface area (Å²) >= 11 is 0. The van der Waals surface area contributed by atoms with Gasteiger partial charge in [0.05, 0.1) is 22.7 Å². The smallest absolute Gasteiger partial charge is 0.0502 e. The lowest BCUT2D eigenvalue weighted by molar-refractivity contribution is 0.632. The third-order valence-electron chi connectivity index (χ3n) is 17.4. The number of rotatable bonds is 6. The van der Waals surface area contributed by atoms with Gasteiger partial charge in [0.1, 0.15) is 0 Å². The van der Waals surface area contributed by atoms with Gasteiger partial charge in [0, 0.05) is 22.2 Å². The van der Waals surface area contributed by atoms with E-state index in [0.29, 0.717) is 0 Å². The number of benzene rings is 13. The van der Waals surface area contributed by atoms with Crippen LogP contribution in [0.3, 0.4) is 0 Å². The van der Waals surface area contributed by atoms with Crippen molar-refractivity contribution in [3.05, 3.63) is 289 Å². The molecule has 2 heterocycles. The van der Waals surface area contributed by atoms with E-state index < -0.39 is 0 Å². The first-order valence-electron chi connectivity index (χ1n) is 27.4. The van der Waals surface area contributed by atoms with Gasteiger partial charge in [-0.25, -0.2) is 0 Å². The Hall–Kier alpha value is -9.50. The van der Waals surface area contributed by atoms with Crippen molar-refractivity contribution in [1.82, 2.24) is 0 Å². The van der Waals surface area contributed by atoms with Crippen molar-refractivity contribution < 1.29 is 0 Å². The van der Waals surface area contributed by atoms with Gasteiger partial charge in [-0.2, -0.15) is 0 Å². The van der Waals surface area contributed by atoms with Gasteiger partial charge >= 0.3 is 0 Å². The molecular weight excluding hydrogens is 941 g/mol. The molecule has 0 radical (unpaired) electrons. The van der Waals surface area contributed by atoms with E-state index in [4.69, 9.17) is 0 Å². The lowest BCUT2D eigenvalue weighted by Crippen LogP contribution is -2.30. The quantitative estimate of drug-likeness (QED) is 0.153. The summed E-state index contributed by atoms with van der Waals surface area (Å²) in [6.07, 6.45) is 0. The number of para-hydroxylation sites is 4. The summed E-state index contributed by atoms with van der Waals surface area (Å²) in [6.45, 7) is 9.48. The van der Waals surface area contributed by atoms with Gasteiger partial charge in [-0.3, -0.25) is 0 Å². The number of hydrogen-bond acceptors (Lipinski definition) is 2. The van der Waals surface area contributed by atoms with Crippen LogP contribution in [0.4, 0.5) is 34.1 Å². The highest BCUT2D eigenvalue weighted by atomic mass is 15.2. The maximum absolute atomic E-state index is 2.52. The van der Waals surface area contributed by atoms with Crippen molar-refractivity contribution in [3.63, 3.8) is 0 Å². The average molecular weight is 997 g/mol. The molecule has 13 aromatic rings. The second-order valence-electron chi connectivity index (χ2n) is 22.4. The van der Waals surface area contributed by atoms with Crippen LogP contribution in [0.25, 0.3) is 87.6 Å². The molecule has 15 rings (SSSR count). The molecule has 0 fully saturated rings. The van der Waals surface area contributed by atoms with Gasteiger partial charge in [-0.15, -0.1) is 0 Å². The van der Waals surface area contributed by atoms with Crippen LogP contribution in [0.1, 0.15) is 49.9 Å². The SMILES string of the molecule is CC1(C)c2ccccc2N(c2ccc3c(-c4cc5ccccc5cc4-c4ccccc4)c4cc(N5c6ccccc6C(C)(C)c6ccccc65)ccc4c(-c4cc5ccccc5cc4-c4ccccc4)c3c2)c2ccccc21. The first-order valence-corrected chi connectivity index (χ1v) is 27.4. The van der Waals surface area contributed by atoms with Crippen LogP contribution in [-0.4, -0.2) is 0 Å². The molecule has 2 nitrogen and oxygen atoms in total. The molecule has 0 bridgehead atoms. The third kappa shape index (κ3) is 6.96. The molecule has 370 valence electrons. The molecule has 13 aromatic carbocycles. The number of nitrogens with zero attached hydrogens (tertiary/aromatic N) is 2. The third-order valence-corrected chi connectivity index (χ3v) is 17.4. The van der Waals surface area contributed by atoms with Crippen molar-refractivity contribution in [3.8, 4) is 44.5 Å². The molecular formula is C76H56N2. The summed E-state index contributed by atoms with van der Waals surface area (Å²) in [6, 6.07) is 100. The van der Waals surface area contributed by atoms with Crippen molar-refractivity contribution in [2.45, 2.75) is 38.5 Å². The Bertz CT molecular complexity index is 4170. The van der Waals surface area contributed by atoms with Gasteiger partial charge in [0.25, 0.3) is 0 Å². The minimum Gasteiger partial charge on any atom is -0.310 e. The highest BCUT2D eigenvalue weighted by Gasteiger charge is 2.39. The van der Waals surface area contributed by atoms with Gasteiger partial charge in [0.2, 0.25) is 0 Å². The van der Waals surface area contributed by atoms with E-state index in [1.807, 2.05) is 0 Å². The highest BCUT2D eigenvalue weighted by molar-refractivity contribution is 6.25. The number of anilines is 6. The zero-order valence-electron chi connectivity index (χ0n) is 44.3. The summed E-state index contributed by atoms with van der Waals surface area (Å²) in [5.74, 6) is 0. The van der Waals surface area contributed by atoms with Crippen LogP contribution in [-0.2, 0) is 10.8 Å². The van der Waals surface area contributed by atoms with E-state index in [9.17, 15) is 0 Å². The molecule has 0 saturated carbocycles. The van der Waals surface area contributed by atoms with E-state index in [-0.39, 0.29) is 10.8 Å². The zero-order chi connectivity index (χ0) is 52.3. The van der Waals surface area contributed by atoms with Crippen molar-refractivity contribution in [1.29, 1.82) is 0 Å². The minimum absolute atomic E-state index is 0.197. The van der Waals surface area contributed by atoms with Gasteiger partial charge in [-0.05, 0) is 183 Å². The monoisotopic (exact) mass is 996 g/mol. The topological polar surface area (TPSA) is 6.48 Å². The molecule has 2 aliphatic heterocycles. The van der Waals surface area contributed by atoms with E-state index in [1.54, 1.807) is 0 Å². The summed E-state index contributed by atoms with van der Waals surface area (Å²) in [5.41, 5.74) is 21.5. The van der Waals surface area contributed by atoms with Crippen LogP contribution in [0, 0.1) is 0 Å². The Morgan fingerprint density at radius 2 is 0.526 bits per heavy atom. The van der Waals surface area contributed by atoms with E-state index in [2.05, 4.69) is 304 Å². The molecule has 0 unspecified atom stereocenters. The molecule has 2 heteroatoms. The molecule has 0 atom stereocenters. The van der Waals surface area contributed by atoms with Gasteiger partial charge in [-0.1, -0.05) is 222 Å². The normalized spacial score (nSPS) is 14.1. The molecule has 0 aliphatic carbocycles. The fourth-order valence-electron chi connectivity index (χ4n) is 13.6. The second-order valence-corrected chi connectivity index (χ2v) is 22.4.